The largest absolute Gasteiger partial charge is 0.264 e. The van der Waals surface area contributed by atoms with E-state index in [-0.39, 0.29) is 0 Å². The maximum atomic E-state index is 4.57. The maximum absolute atomic E-state index is 4.57. The van der Waals surface area contributed by atoms with Crippen molar-refractivity contribution in [2.75, 3.05) is 0 Å². The van der Waals surface area contributed by atoms with Crippen LogP contribution in [0.25, 0.3) is 22.2 Å². The van der Waals surface area contributed by atoms with Crippen molar-refractivity contribution in [3.8, 4) is 11.3 Å². The number of rotatable bonds is 1. The highest BCUT2D eigenvalue weighted by molar-refractivity contribution is 5.80. The van der Waals surface area contributed by atoms with Crippen LogP contribution in [-0.2, 0) is 0 Å². The quantitative estimate of drug-likeness (QED) is 0.615. The molecule has 0 bridgehead atoms. The predicted molar refractivity (Wildman–Crippen MR) is 62.8 cm³/mol. The number of pyridine rings is 3. The molecule has 3 rings (SSSR count). The van der Waals surface area contributed by atoms with Crippen LogP contribution in [0.1, 0.15) is 0 Å². The van der Waals surface area contributed by atoms with Crippen molar-refractivity contribution in [3.05, 3.63) is 55.1 Å². The summed E-state index contributed by atoms with van der Waals surface area (Å²) in [7, 11) is 0. The van der Waals surface area contributed by atoms with Gasteiger partial charge in [0.05, 0.1) is 11.2 Å². The monoisotopic (exact) mass is 207 g/mol. The second-order valence-electron chi connectivity index (χ2n) is 3.51. The van der Waals surface area contributed by atoms with E-state index in [1.54, 1.807) is 12.4 Å². The SMILES string of the molecule is c1cncc(-c2ccc3cnccc3n2)c1. The van der Waals surface area contributed by atoms with Crippen LogP contribution in [0.15, 0.2) is 55.1 Å². The third-order valence-corrected chi connectivity index (χ3v) is 2.45. The molecule has 0 saturated carbocycles. The Morgan fingerprint density at radius 3 is 2.62 bits per heavy atom. The van der Waals surface area contributed by atoms with Crippen LogP contribution in [-0.4, -0.2) is 15.0 Å². The highest BCUT2D eigenvalue weighted by Crippen LogP contribution is 2.18. The van der Waals surface area contributed by atoms with Gasteiger partial charge in [-0.15, -0.1) is 0 Å². The zero-order valence-electron chi connectivity index (χ0n) is 8.54. The van der Waals surface area contributed by atoms with Crippen molar-refractivity contribution in [2.45, 2.75) is 0 Å². The molecule has 0 aliphatic carbocycles. The summed E-state index contributed by atoms with van der Waals surface area (Å²) < 4.78 is 0. The lowest BCUT2D eigenvalue weighted by molar-refractivity contribution is 1.29. The van der Waals surface area contributed by atoms with E-state index in [1.165, 1.54) is 0 Å². The van der Waals surface area contributed by atoms with E-state index in [2.05, 4.69) is 15.0 Å². The van der Waals surface area contributed by atoms with Gasteiger partial charge in [-0.2, -0.15) is 0 Å². The van der Waals surface area contributed by atoms with Gasteiger partial charge < -0.3 is 0 Å². The summed E-state index contributed by atoms with van der Waals surface area (Å²) in [5.74, 6) is 0. The lowest BCUT2D eigenvalue weighted by Crippen LogP contribution is -1.86. The molecule has 3 aromatic rings. The van der Waals surface area contributed by atoms with Crippen molar-refractivity contribution in [1.29, 1.82) is 0 Å². The Bertz CT molecular complexity index is 620. The van der Waals surface area contributed by atoms with Crippen molar-refractivity contribution >= 4 is 10.9 Å². The summed E-state index contributed by atoms with van der Waals surface area (Å²) in [5, 5.41) is 1.05. The van der Waals surface area contributed by atoms with E-state index in [4.69, 9.17) is 0 Å². The Labute approximate surface area is 92.8 Å². The Kier molecular flexibility index (Phi) is 2.07. The van der Waals surface area contributed by atoms with E-state index in [1.807, 2.05) is 42.7 Å². The van der Waals surface area contributed by atoms with Crippen molar-refractivity contribution in [1.82, 2.24) is 15.0 Å². The summed E-state index contributed by atoms with van der Waals surface area (Å²) >= 11 is 0. The normalized spacial score (nSPS) is 10.5. The first-order valence-electron chi connectivity index (χ1n) is 5.05. The van der Waals surface area contributed by atoms with Gasteiger partial charge in [0.2, 0.25) is 0 Å². The van der Waals surface area contributed by atoms with Crippen LogP contribution in [0.2, 0.25) is 0 Å². The molecule has 0 fully saturated rings. The zero-order chi connectivity index (χ0) is 10.8. The minimum atomic E-state index is 0.937. The van der Waals surface area contributed by atoms with E-state index >= 15 is 0 Å². The average Bonchev–Trinajstić information content (AvgIpc) is 2.39. The summed E-state index contributed by atoms with van der Waals surface area (Å²) in [6.07, 6.45) is 7.14. The van der Waals surface area contributed by atoms with E-state index in [9.17, 15) is 0 Å². The van der Waals surface area contributed by atoms with E-state index in [0.717, 1.165) is 22.2 Å². The van der Waals surface area contributed by atoms with Crippen molar-refractivity contribution < 1.29 is 0 Å². The van der Waals surface area contributed by atoms with Gasteiger partial charge in [0.15, 0.2) is 0 Å². The maximum Gasteiger partial charge on any atom is 0.0740 e. The Morgan fingerprint density at radius 1 is 0.812 bits per heavy atom. The topological polar surface area (TPSA) is 38.7 Å². The molecular formula is C13H9N3. The molecule has 0 saturated heterocycles. The van der Waals surface area contributed by atoms with E-state index < -0.39 is 0 Å². The summed E-state index contributed by atoms with van der Waals surface area (Å²) in [6.45, 7) is 0. The molecule has 0 atom stereocenters. The highest BCUT2D eigenvalue weighted by Gasteiger charge is 2.00. The first-order valence-corrected chi connectivity index (χ1v) is 5.05. The van der Waals surface area contributed by atoms with Gasteiger partial charge in [0.25, 0.3) is 0 Å². The molecule has 0 aliphatic rings. The number of nitrogens with zero attached hydrogens (tertiary/aromatic N) is 3. The predicted octanol–water partition coefficient (Wildman–Crippen LogP) is 2.69. The molecule has 0 radical (unpaired) electrons. The van der Waals surface area contributed by atoms with Gasteiger partial charge in [-0.05, 0) is 30.3 Å². The van der Waals surface area contributed by atoms with Gasteiger partial charge >= 0.3 is 0 Å². The lowest BCUT2D eigenvalue weighted by atomic mass is 10.1. The molecular weight excluding hydrogens is 198 g/mol. The number of hydrogen-bond acceptors (Lipinski definition) is 3. The summed E-state index contributed by atoms with van der Waals surface area (Å²) in [6, 6.07) is 9.84. The first-order chi connectivity index (χ1) is 7.93. The molecule has 16 heavy (non-hydrogen) atoms. The van der Waals surface area contributed by atoms with E-state index in [0.29, 0.717) is 0 Å². The standard InChI is InChI=1S/C13H9N3/c1-2-10(8-14-6-1)12-4-3-11-9-15-7-5-13(11)16-12/h1-9H. The smallest absolute Gasteiger partial charge is 0.0740 e. The lowest BCUT2D eigenvalue weighted by Gasteiger charge is -2.01. The summed E-state index contributed by atoms with van der Waals surface area (Å²) in [5.41, 5.74) is 2.92. The molecule has 3 aromatic heterocycles. The number of hydrogen-bond donors (Lipinski definition) is 0. The third kappa shape index (κ3) is 1.52. The van der Waals surface area contributed by atoms with Gasteiger partial charge in [0, 0.05) is 35.7 Å². The Hall–Kier alpha value is -2.29. The molecule has 0 spiro atoms. The molecule has 3 heterocycles. The van der Waals surface area contributed by atoms with Crippen LogP contribution in [0, 0.1) is 0 Å². The molecule has 3 heteroatoms. The zero-order valence-corrected chi connectivity index (χ0v) is 8.54. The highest BCUT2D eigenvalue weighted by atomic mass is 14.7. The minimum Gasteiger partial charge on any atom is -0.264 e. The van der Waals surface area contributed by atoms with Crippen LogP contribution in [0.5, 0.6) is 0 Å². The number of fused-ring (bicyclic) bond motifs is 1. The van der Waals surface area contributed by atoms with Gasteiger partial charge in [-0.25, -0.2) is 4.98 Å². The molecule has 3 nitrogen and oxygen atoms in total. The molecule has 0 aliphatic heterocycles. The molecule has 76 valence electrons. The van der Waals surface area contributed by atoms with Gasteiger partial charge in [-0.1, -0.05) is 0 Å². The fourth-order valence-electron chi connectivity index (χ4n) is 1.64. The first kappa shape index (κ1) is 8.97. The van der Waals surface area contributed by atoms with Crippen LogP contribution < -0.4 is 0 Å². The molecule has 0 amide bonds. The molecule has 0 unspecified atom stereocenters. The second-order valence-corrected chi connectivity index (χ2v) is 3.51. The van der Waals surface area contributed by atoms with Crippen molar-refractivity contribution in [3.63, 3.8) is 0 Å². The second kappa shape index (κ2) is 3.70. The summed E-state index contributed by atoms with van der Waals surface area (Å²) in [4.78, 5) is 12.7. The van der Waals surface area contributed by atoms with Gasteiger partial charge in [-0.3, -0.25) is 9.97 Å². The van der Waals surface area contributed by atoms with Crippen LogP contribution >= 0.6 is 0 Å². The number of aromatic nitrogens is 3. The fraction of sp³-hybridized carbons (Fsp3) is 0. The fourth-order valence-corrected chi connectivity index (χ4v) is 1.64. The third-order valence-electron chi connectivity index (χ3n) is 2.45. The molecule has 0 N–H and O–H groups in total. The van der Waals surface area contributed by atoms with Crippen LogP contribution in [0.3, 0.4) is 0 Å². The van der Waals surface area contributed by atoms with Crippen LogP contribution in [0.4, 0.5) is 0 Å². The van der Waals surface area contributed by atoms with Crippen molar-refractivity contribution in [2.24, 2.45) is 0 Å². The Balaban J connectivity index is 2.19. The average molecular weight is 207 g/mol. The minimum absolute atomic E-state index is 0.937. The molecule has 0 aromatic carbocycles. The Morgan fingerprint density at radius 2 is 1.75 bits per heavy atom. The van der Waals surface area contributed by atoms with Gasteiger partial charge in [0.1, 0.15) is 0 Å².